The smallest absolute Gasteiger partial charge is 0.262 e. The lowest BCUT2D eigenvalue weighted by Crippen LogP contribution is -2.32. The summed E-state index contributed by atoms with van der Waals surface area (Å²) in [5.41, 5.74) is 4.81. The Balaban J connectivity index is 1.25. The van der Waals surface area contributed by atoms with Gasteiger partial charge in [0.05, 0.1) is 5.92 Å². The summed E-state index contributed by atoms with van der Waals surface area (Å²) in [6.45, 7) is 4.74. The van der Waals surface area contributed by atoms with E-state index >= 15 is 0 Å². The summed E-state index contributed by atoms with van der Waals surface area (Å²) in [7, 11) is 0. The number of carbonyl (C=O) groups is 3. The number of nitrogens with zero attached hydrogens (tertiary/aromatic N) is 1. The van der Waals surface area contributed by atoms with E-state index in [1.165, 1.54) is 11.1 Å². The SMILES string of the molecule is CCc1ccc(NC(=O)COc2ccc(N3CC(C(=O)NCc4ccc(C)cc4)CC3=O)cc2)cc1. The first kappa shape index (κ1) is 25.0. The van der Waals surface area contributed by atoms with Crippen LogP contribution in [0.15, 0.2) is 72.8 Å². The Kier molecular flexibility index (Phi) is 8.00. The summed E-state index contributed by atoms with van der Waals surface area (Å²) in [6, 6.07) is 22.6. The second-order valence-corrected chi connectivity index (χ2v) is 8.99. The lowest BCUT2D eigenvalue weighted by atomic mass is 10.1. The zero-order valence-corrected chi connectivity index (χ0v) is 20.6. The molecule has 2 N–H and O–H groups in total. The van der Waals surface area contributed by atoms with Crippen LogP contribution in [0.1, 0.15) is 30.0 Å². The van der Waals surface area contributed by atoms with Crippen molar-refractivity contribution in [3.63, 3.8) is 0 Å². The minimum atomic E-state index is -0.394. The Hall–Kier alpha value is -4.13. The minimum absolute atomic E-state index is 0.0902. The van der Waals surface area contributed by atoms with E-state index in [9.17, 15) is 14.4 Å². The number of hydrogen-bond acceptors (Lipinski definition) is 4. The van der Waals surface area contributed by atoms with Crippen molar-refractivity contribution in [1.29, 1.82) is 0 Å². The number of rotatable bonds is 9. The molecule has 0 spiro atoms. The van der Waals surface area contributed by atoms with Crippen molar-refractivity contribution in [3.05, 3.63) is 89.5 Å². The van der Waals surface area contributed by atoms with Crippen LogP contribution in [0.3, 0.4) is 0 Å². The van der Waals surface area contributed by atoms with E-state index in [0.717, 1.165) is 17.7 Å². The van der Waals surface area contributed by atoms with E-state index < -0.39 is 5.92 Å². The van der Waals surface area contributed by atoms with Crippen molar-refractivity contribution >= 4 is 29.1 Å². The summed E-state index contributed by atoms with van der Waals surface area (Å²) >= 11 is 0. The molecule has 0 saturated carbocycles. The third-order valence-electron chi connectivity index (χ3n) is 6.25. The normalized spacial score (nSPS) is 15.0. The molecule has 1 unspecified atom stereocenters. The summed E-state index contributed by atoms with van der Waals surface area (Å²) in [6.07, 6.45) is 1.12. The molecule has 1 saturated heterocycles. The summed E-state index contributed by atoms with van der Waals surface area (Å²) < 4.78 is 5.59. The van der Waals surface area contributed by atoms with Gasteiger partial charge in [-0.3, -0.25) is 14.4 Å². The molecule has 7 nitrogen and oxygen atoms in total. The van der Waals surface area contributed by atoms with E-state index in [1.54, 1.807) is 29.2 Å². The molecule has 36 heavy (non-hydrogen) atoms. The molecule has 1 atom stereocenters. The molecule has 0 aliphatic carbocycles. The molecular formula is C29H31N3O4. The van der Waals surface area contributed by atoms with Gasteiger partial charge in [0.25, 0.3) is 5.91 Å². The van der Waals surface area contributed by atoms with Crippen LogP contribution >= 0.6 is 0 Å². The van der Waals surface area contributed by atoms with Crippen molar-refractivity contribution in [1.82, 2.24) is 5.32 Å². The van der Waals surface area contributed by atoms with Gasteiger partial charge < -0.3 is 20.3 Å². The first-order chi connectivity index (χ1) is 17.4. The fourth-order valence-electron chi connectivity index (χ4n) is 4.06. The van der Waals surface area contributed by atoms with Gasteiger partial charge in [0.1, 0.15) is 5.75 Å². The summed E-state index contributed by atoms with van der Waals surface area (Å²) in [5, 5.41) is 5.75. The van der Waals surface area contributed by atoms with Crippen LogP contribution in [0.4, 0.5) is 11.4 Å². The first-order valence-corrected chi connectivity index (χ1v) is 12.2. The summed E-state index contributed by atoms with van der Waals surface area (Å²) in [5.74, 6) is -0.338. The monoisotopic (exact) mass is 485 g/mol. The number of ether oxygens (including phenoxy) is 1. The maximum absolute atomic E-state index is 12.6. The molecule has 0 bridgehead atoms. The fraction of sp³-hybridized carbons (Fsp3) is 0.276. The molecule has 1 aliphatic heterocycles. The number of anilines is 2. The minimum Gasteiger partial charge on any atom is -0.484 e. The van der Waals surface area contributed by atoms with Gasteiger partial charge in [-0.15, -0.1) is 0 Å². The molecule has 3 aromatic carbocycles. The van der Waals surface area contributed by atoms with Gasteiger partial charge in [0, 0.05) is 30.9 Å². The van der Waals surface area contributed by atoms with Gasteiger partial charge in [-0.25, -0.2) is 0 Å². The molecule has 186 valence electrons. The number of aryl methyl sites for hydroxylation is 2. The third-order valence-corrected chi connectivity index (χ3v) is 6.25. The van der Waals surface area contributed by atoms with Crippen LogP contribution in [0.2, 0.25) is 0 Å². The van der Waals surface area contributed by atoms with E-state index in [2.05, 4.69) is 17.6 Å². The average molecular weight is 486 g/mol. The van der Waals surface area contributed by atoms with E-state index in [1.807, 2.05) is 55.5 Å². The van der Waals surface area contributed by atoms with Crippen molar-refractivity contribution in [3.8, 4) is 5.75 Å². The highest BCUT2D eigenvalue weighted by Gasteiger charge is 2.35. The molecular weight excluding hydrogens is 454 g/mol. The maximum Gasteiger partial charge on any atom is 0.262 e. The zero-order valence-electron chi connectivity index (χ0n) is 20.6. The predicted molar refractivity (Wildman–Crippen MR) is 140 cm³/mol. The zero-order chi connectivity index (χ0) is 25.5. The van der Waals surface area contributed by atoms with Crippen LogP contribution in [-0.4, -0.2) is 30.9 Å². The number of carbonyl (C=O) groups excluding carboxylic acids is 3. The molecule has 1 heterocycles. The van der Waals surface area contributed by atoms with Crippen molar-refractivity contribution in [2.75, 3.05) is 23.4 Å². The number of amides is 3. The van der Waals surface area contributed by atoms with Crippen molar-refractivity contribution in [2.45, 2.75) is 33.2 Å². The van der Waals surface area contributed by atoms with E-state index in [0.29, 0.717) is 24.5 Å². The number of hydrogen-bond donors (Lipinski definition) is 2. The van der Waals surface area contributed by atoms with Crippen LogP contribution in [0, 0.1) is 12.8 Å². The largest absolute Gasteiger partial charge is 0.484 e. The first-order valence-electron chi connectivity index (χ1n) is 12.2. The van der Waals surface area contributed by atoms with Crippen LogP contribution in [0.5, 0.6) is 5.75 Å². The lowest BCUT2D eigenvalue weighted by Gasteiger charge is -2.17. The molecule has 7 heteroatoms. The standard InChI is InChI=1S/C29H31N3O4/c1-3-21-8-10-24(11-9-21)31-27(33)19-36-26-14-12-25(13-15-26)32-18-23(16-28(32)34)29(35)30-17-22-6-4-20(2)5-7-22/h4-15,23H,3,16-19H2,1-2H3,(H,30,35)(H,31,33). The van der Waals surface area contributed by atoms with Crippen molar-refractivity contribution < 1.29 is 19.1 Å². The Bertz CT molecular complexity index is 1200. The quantitative estimate of drug-likeness (QED) is 0.475. The van der Waals surface area contributed by atoms with Crippen LogP contribution in [0.25, 0.3) is 0 Å². The number of benzene rings is 3. The molecule has 0 radical (unpaired) electrons. The summed E-state index contributed by atoms with van der Waals surface area (Å²) in [4.78, 5) is 39.0. The Morgan fingerprint density at radius 1 is 0.944 bits per heavy atom. The average Bonchev–Trinajstić information content (AvgIpc) is 3.29. The van der Waals surface area contributed by atoms with Crippen LogP contribution in [-0.2, 0) is 27.3 Å². The van der Waals surface area contributed by atoms with Crippen molar-refractivity contribution in [2.24, 2.45) is 5.92 Å². The van der Waals surface area contributed by atoms with Gasteiger partial charge in [0.15, 0.2) is 6.61 Å². The Morgan fingerprint density at radius 2 is 1.61 bits per heavy atom. The lowest BCUT2D eigenvalue weighted by molar-refractivity contribution is -0.126. The van der Waals surface area contributed by atoms with Gasteiger partial charge >= 0.3 is 0 Å². The molecule has 0 aromatic heterocycles. The topological polar surface area (TPSA) is 87.7 Å². The number of nitrogens with one attached hydrogen (secondary N) is 2. The van der Waals surface area contributed by atoms with Crippen LogP contribution < -0.4 is 20.3 Å². The molecule has 1 fully saturated rings. The van der Waals surface area contributed by atoms with E-state index in [-0.39, 0.29) is 30.7 Å². The fourth-order valence-corrected chi connectivity index (χ4v) is 4.06. The van der Waals surface area contributed by atoms with Gasteiger partial charge in [-0.05, 0) is 60.9 Å². The molecule has 3 amide bonds. The molecule has 4 rings (SSSR count). The molecule has 3 aromatic rings. The third kappa shape index (κ3) is 6.50. The molecule has 1 aliphatic rings. The maximum atomic E-state index is 12.6. The second-order valence-electron chi connectivity index (χ2n) is 8.99. The Labute approximate surface area is 211 Å². The van der Waals surface area contributed by atoms with E-state index in [4.69, 9.17) is 4.74 Å². The predicted octanol–water partition coefficient (Wildman–Crippen LogP) is 4.24. The second kappa shape index (κ2) is 11.5. The van der Waals surface area contributed by atoms with Gasteiger partial charge in [0.2, 0.25) is 11.8 Å². The van der Waals surface area contributed by atoms with Gasteiger partial charge in [-0.1, -0.05) is 48.9 Å². The highest BCUT2D eigenvalue weighted by atomic mass is 16.5. The van der Waals surface area contributed by atoms with Gasteiger partial charge in [-0.2, -0.15) is 0 Å². The highest BCUT2D eigenvalue weighted by Crippen LogP contribution is 2.27. The Morgan fingerprint density at radius 3 is 2.28 bits per heavy atom. The highest BCUT2D eigenvalue weighted by molar-refractivity contribution is 6.00.